The number of rotatable bonds is 9. The zero-order valence-corrected chi connectivity index (χ0v) is 15.9. The van der Waals surface area contributed by atoms with E-state index in [4.69, 9.17) is 9.47 Å². The van der Waals surface area contributed by atoms with E-state index in [0.29, 0.717) is 19.0 Å². The van der Waals surface area contributed by atoms with Gasteiger partial charge in [0.2, 0.25) is 0 Å². The van der Waals surface area contributed by atoms with E-state index >= 15 is 0 Å². The molecule has 3 heteroatoms. The number of ether oxygens (including phenoxy) is 2. The van der Waals surface area contributed by atoms with Crippen LogP contribution in [-0.4, -0.2) is 19.0 Å². The van der Waals surface area contributed by atoms with E-state index in [2.05, 4.69) is 19.9 Å². The van der Waals surface area contributed by atoms with Crippen molar-refractivity contribution in [1.82, 2.24) is 0 Å². The van der Waals surface area contributed by atoms with Gasteiger partial charge in [0.05, 0.1) is 23.7 Å². The summed E-state index contributed by atoms with van der Waals surface area (Å²) in [6.45, 7) is 4.93. The van der Waals surface area contributed by atoms with Crippen LogP contribution >= 0.6 is 0 Å². The molecule has 2 aliphatic carbocycles. The number of nitriles is 1. The number of hydrogen-bond donors (Lipinski definition) is 0. The van der Waals surface area contributed by atoms with E-state index in [1.54, 1.807) is 0 Å². The molecule has 2 rings (SSSR count). The smallest absolute Gasteiger partial charge is 0.147 e. The minimum atomic E-state index is -0.0750. The first-order valence-electron chi connectivity index (χ1n) is 10.4. The molecule has 0 radical (unpaired) electrons. The molecule has 24 heavy (non-hydrogen) atoms. The van der Waals surface area contributed by atoms with Crippen LogP contribution in [0.3, 0.4) is 0 Å². The molecule has 2 fully saturated rings. The summed E-state index contributed by atoms with van der Waals surface area (Å²) >= 11 is 0. The highest BCUT2D eigenvalue weighted by molar-refractivity contribution is 5.01. The van der Waals surface area contributed by atoms with Gasteiger partial charge in [-0.1, -0.05) is 39.5 Å². The zero-order chi connectivity index (χ0) is 17.3. The first-order valence-corrected chi connectivity index (χ1v) is 10.4. The quantitative estimate of drug-likeness (QED) is 0.487. The molecule has 0 amide bonds. The summed E-state index contributed by atoms with van der Waals surface area (Å²) in [7, 11) is 0. The second-order valence-electron chi connectivity index (χ2n) is 8.08. The van der Waals surface area contributed by atoms with E-state index in [9.17, 15) is 5.26 Å². The van der Waals surface area contributed by atoms with E-state index in [1.807, 2.05) is 0 Å². The second-order valence-corrected chi connectivity index (χ2v) is 8.08. The van der Waals surface area contributed by atoms with Gasteiger partial charge in [-0.3, -0.25) is 0 Å². The monoisotopic (exact) mass is 335 g/mol. The van der Waals surface area contributed by atoms with Crippen molar-refractivity contribution in [3.05, 3.63) is 0 Å². The van der Waals surface area contributed by atoms with Gasteiger partial charge in [-0.05, 0) is 63.7 Å². The Kier molecular flexibility index (Phi) is 8.56. The zero-order valence-electron chi connectivity index (χ0n) is 15.9. The van der Waals surface area contributed by atoms with Gasteiger partial charge in [-0.15, -0.1) is 0 Å². The van der Waals surface area contributed by atoms with Gasteiger partial charge in [0, 0.05) is 0 Å². The number of hydrogen-bond acceptors (Lipinski definition) is 3. The molecule has 0 aromatic carbocycles. The molecular formula is C21H37NO2. The first kappa shape index (κ1) is 19.7. The van der Waals surface area contributed by atoms with Gasteiger partial charge in [0.15, 0.2) is 0 Å². The van der Waals surface area contributed by atoms with Gasteiger partial charge in [0.25, 0.3) is 0 Å². The van der Waals surface area contributed by atoms with Crippen LogP contribution in [0.2, 0.25) is 0 Å². The molecule has 0 heterocycles. The van der Waals surface area contributed by atoms with Crippen molar-refractivity contribution in [2.24, 2.45) is 11.3 Å². The van der Waals surface area contributed by atoms with Gasteiger partial charge in [0.1, 0.15) is 6.79 Å². The maximum absolute atomic E-state index is 9.54. The Labute approximate surface area is 149 Å². The normalized spacial score (nSPS) is 34.0. The standard InChI is InChI=1S/C21H37NO2/c1-3-5-13-21(16-22)14-11-20(12-15-21)24-17-23-19-9-7-18(6-4-2)8-10-19/h18-20H,3-15,17H2,1-2H3/t18-,19-,20-,21-. The molecule has 0 bridgehead atoms. The van der Waals surface area contributed by atoms with Crippen molar-refractivity contribution in [1.29, 1.82) is 5.26 Å². The fraction of sp³-hybridized carbons (Fsp3) is 0.952. The lowest BCUT2D eigenvalue weighted by Gasteiger charge is -2.35. The van der Waals surface area contributed by atoms with Crippen molar-refractivity contribution in [2.75, 3.05) is 6.79 Å². The maximum Gasteiger partial charge on any atom is 0.147 e. The summed E-state index contributed by atoms with van der Waals surface area (Å²) in [6.07, 6.45) is 15.9. The highest BCUT2D eigenvalue weighted by Crippen LogP contribution is 2.41. The van der Waals surface area contributed by atoms with Crippen LogP contribution in [-0.2, 0) is 9.47 Å². The summed E-state index contributed by atoms with van der Waals surface area (Å²) < 4.78 is 11.9. The van der Waals surface area contributed by atoms with Crippen LogP contribution in [0.5, 0.6) is 0 Å². The average molecular weight is 336 g/mol. The van der Waals surface area contributed by atoms with Crippen LogP contribution in [0.4, 0.5) is 0 Å². The SMILES string of the molecule is CCCC[C@]1(C#N)CC[C@H](OCO[C@H]2CC[C@H](CCC)CC2)CC1. The highest BCUT2D eigenvalue weighted by atomic mass is 16.7. The van der Waals surface area contributed by atoms with Crippen LogP contribution < -0.4 is 0 Å². The lowest BCUT2D eigenvalue weighted by molar-refractivity contribution is -0.137. The fourth-order valence-corrected chi connectivity index (χ4v) is 4.47. The Morgan fingerprint density at radius 3 is 2.08 bits per heavy atom. The van der Waals surface area contributed by atoms with E-state index in [-0.39, 0.29) is 5.41 Å². The molecule has 0 aromatic heterocycles. The Morgan fingerprint density at radius 1 is 0.917 bits per heavy atom. The molecule has 2 aliphatic rings. The third kappa shape index (κ3) is 6.05. The minimum absolute atomic E-state index is 0.0750. The van der Waals surface area contributed by atoms with E-state index in [0.717, 1.165) is 38.0 Å². The molecule has 0 aromatic rings. The summed E-state index contributed by atoms with van der Waals surface area (Å²) in [4.78, 5) is 0. The predicted molar refractivity (Wildman–Crippen MR) is 97.5 cm³/mol. The third-order valence-electron chi connectivity index (χ3n) is 6.23. The maximum atomic E-state index is 9.54. The van der Waals surface area contributed by atoms with Crippen molar-refractivity contribution in [3.63, 3.8) is 0 Å². The molecule has 0 aliphatic heterocycles. The Morgan fingerprint density at radius 2 is 1.54 bits per heavy atom. The Balaban J connectivity index is 1.59. The number of unbranched alkanes of at least 4 members (excludes halogenated alkanes) is 1. The van der Waals surface area contributed by atoms with Crippen molar-refractivity contribution in [2.45, 2.75) is 110 Å². The minimum Gasteiger partial charge on any atom is -0.352 e. The average Bonchev–Trinajstić information content (AvgIpc) is 2.63. The van der Waals surface area contributed by atoms with Crippen LogP contribution in [0.1, 0.15) is 97.3 Å². The molecule has 3 nitrogen and oxygen atoms in total. The van der Waals surface area contributed by atoms with Crippen LogP contribution in [0, 0.1) is 22.7 Å². The highest BCUT2D eigenvalue weighted by Gasteiger charge is 2.35. The molecular weight excluding hydrogens is 298 g/mol. The third-order valence-corrected chi connectivity index (χ3v) is 6.23. The Bertz CT molecular complexity index is 374. The van der Waals surface area contributed by atoms with Crippen molar-refractivity contribution < 1.29 is 9.47 Å². The largest absolute Gasteiger partial charge is 0.352 e. The van der Waals surface area contributed by atoms with E-state index in [1.165, 1.54) is 51.4 Å². The second kappa shape index (κ2) is 10.4. The molecule has 138 valence electrons. The van der Waals surface area contributed by atoms with Gasteiger partial charge in [-0.2, -0.15) is 5.26 Å². The lowest BCUT2D eigenvalue weighted by Crippen LogP contribution is -2.31. The topological polar surface area (TPSA) is 42.2 Å². The summed E-state index contributed by atoms with van der Waals surface area (Å²) in [5, 5.41) is 9.54. The number of nitrogens with zero attached hydrogens (tertiary/aromatic N) is 1. The van der Waals surface area contributed by atoms with Gasteiger partial charge in [-0.25, -0.2) is 0 Å². The lowest BCUT2D eigenvalue weighted by atomic mass is 9.71. The fourth-order valence-electron chi connectivity index (χ4n) is 4.47. The van der Waals surface area contributed by atoms with E-state index < -0.39 is 0 Å². The summed E-state index contributed by atoms with van der Waals surface area (Å²) in [5.74, 6) is 0.927. The molecule has 0 N–H and O–H groups in total. The van der Waals surface area contributed by atoms with Gasteiger partial charge < -0.3 is 9.47 Å². The van der Waals surface area contributed by atoms with Crippen LogP contribution in [0.25, 0.3) is 0 Å². The van der Waals surface area contributed by atoms with Crippen LogP contribution in [0.15, 0.2) is 0 Å². The van der Waals surface area contributed by atoms with Crippen molar-refractivity contribution >= 4 is 0 Å². The predicted octanol–water partition coefficient (Wildman–Crippen LogP) is 5.98. The van der Waals surface area contributed by atoms with Crippen molar-refractivity contribution in [3.8, 4) is 6.07 Å². The first-order chi connectivity index (χ1) is 11.7. The molecule has 0 spiro atoms. The molecule has 0 atom stereocenters. The Hall–Kier alpha value is -0.590. The summed E-state index contributed by atoms with van der Waals surface area (Å²) in [6, 6.07) is 2.61. The molecule has 0 saturated heterocycles. The van der Waals surface area contributed by atoms with Gasteiger partial charge >= 0.3 is 0 Å². The summed E-state index contributed by atoms with van der Waals surface area (Å²) in [5.41, 5.74) is -0.0750. The molecule has 2 saturated carbocycles. The molecule has 0 unspecified atom stereocenters.